The van der Waals surface area contributed by atoms with Crippen LogP contribution in [0.25, 0.3) is 0 Å². The van der Waals surface area contributed by atoms with Crippen molar-refractivity contribution in [3.8, 4) is 0 Å². The zero-order valence-corrected chi connectivity index (χ0v) is 12.9. The van der Waals surface area contributed by atoms with E-state index in [0.717, 1.165) is 6.26 Å². The van der Waals surface area contributed by atoms with Crippen LogP contribution in [0.3, 0.4) is 0 Å². The smallest absolute Gasteiger partial charge is 0.399 e. The van der Waals surface area contributed by atoms with Crippen LogP contribution in [0.5, 0.6) is 0 Å². The van der Waals surface area contributed by atoms with Crippen molar-refractivity contribution in [3.05, 3.63) is 18.2 Å². The first-order chi connectivity index (χ1) is 8.94. The Bertz CT molecular complexity index is 629. The molecule has 0 spiro atoms. The molecule has 0 bridgehead atoms. The highest BCUT2D eigenvalue weighted by Gasteiger charge is 2.52. The number of hydrogen-bond acceptors (Lipinski definition) is 5. The molecule has 0 saturated carbocycles. The van der Waals surface area contributed by atoms with Crippen molar-refractivity contribution in [3.63, 3.8) is 0 Å². The fraction of sp³-hybridized carbons (Fsp3) is 0.583. The maximum atomic E-state index is 13.5. The van der Waals surface area contributed by atoms with Gasteiger partial charge in [-0.3, -0.25) is 0 Å². The van der Waals surface area contributed by atoms with Crippen molar-refractivity contribution < 1.29 is 22.1 Å². The summed E-state index contributed by atoms with van der Waals surface area (Å²) in [4.78, 5) is 3.03. The third kappa shape index (κ3) is 2.59. The first-order valence-corrected chi connectivity index (χ1v) is 8.04. The maximum Gasteiger partial charge on any atom is 0.496 e. The van der Waals surface area contributed by atoms with Crippen LogP contribution in [0.4, 0.5) is 4.39 Å². The van der Waals surface area contributed by atoms with Gasteiger partial charge in [-0.25, -0.2) is 13.4 Å². The van der Waals surface area contributed by atoms with Gasteiger partial charge in [0.05, 0.1) is 11.2 Å². The minimum atomic E-state index is -3.69. The van der Waals surface area contributed by atoms with Gasteiger partial charge < -0.3 is 9.31 Å². The molecule has 0 atom stereocenters. The molecule has 0 amide bonds. The molecule has 2 rings (SSSR count). The lowest BCUT2D eigenvalue weighted by molar-refractivity contribution is 0.00578. The highest BCUT2D eigenvalue weighted by atomic mass is 32.2. The first-order valence-electron chi connectivity index (χ1n) is 6.15. The van der Waals surface area contributed by atoms with E-state index in [0.29, 0.717) is 5.46 Å². The zero-order chi connectivity index (χ0) is 15.3. The van der Waals surface area contributed by atoms with Gasteiger partial charge in [-0.2, -0.15) is 4.39 Å². The Morgan fingerprint density at radius 2 is 1.70 bits per heavy atom. The van der Waals surface area contributed by atoms with E-state index in [1.54, 1.807) is 0 Å². The number of pyridine rings is 1. The molecule has 1 aliphatic heterocycles. The molecular weight excluding hydrogens is 284 g/mol. The Labute approximate surface area is 118 Å². The van der Waals surface area contributed by atoms with Crippen LogP contribution in [0, 0.1) is 5.95 Å². The van der Waals surface area contributed by atoms with E-state index in [2.05, 4.69) is 4.98 Å². The molecule has 110 valence electrons. The van der Waals surface area contributed by atoms with Gasteiger partial charge in [-0.05, 0) is 33.8 Å². The molecule has 20 heavy (non-hydrogen) atoms. The fourth-order valence-corrected chi connectivity index (χ4v) is 2.52. The van der Waals surface area contributed by atoms with Crippen LogP contribution in [-0.4, -0.2) is 38.0 Å². The van der Waals surface area contributed by atoms with E-state index in [-0.39, 0.29) is 0 Å². The van der Waals surface area contributed by atoms with E-state index in [9.17, 15) is 12.8 Å². The topological polar surface area (TPSA) is 65.5 Å². The Balaban J connectivity index is 2.42. The summed E-state index contributed by atoms with van der Waals surface area (Å²) in [5.41, 5.74) is -0.736. The van der Waals surface area contributed by atoms with Gasteiger partial charge >= 0.3 is 7.12 Å². The average Bonchev–Trinajstić information content (AvgIpc) is 2.47. The summed E-state index contributed by atoms with van der Waals surface area (Å²) in [6.45, 7) is 7.51. The molecule has 8 heteroatoms. The van der Waals surface area contributed by atoms with Crippen molar-refractivity contribution >= 4 is 22.4 Å². The number of hydrogen-bond donors (Lipinski definition) is 0. The standard InChI is InChI=1S/C12H17BFNO4S/c1-11(2)12(3,4)19-13(18-11)8-6-9(20(5,16)17)10(14)15-7-8/h6-7H,1-5H3. The quantitative estimate of drug-likeness (QED) is 0.600. The first kappa shape index (κ1) is 15.4. The normalized spacial score (nSPS) is 21.2. The van der Waals surface area contributed by atoms with Crippen LogP contribution >= 0.6 is 0 Å². The zero-order valence-electron chi connectivity index (χ0n) is 12.1. The molecule has 5 nitrogen and oxygen atoms in total. The average molecular weight is 301 g/mol. The maximum absolute atomic E-state index is 13.5. The van der Waals surface area contributed by atoms with Gasteiger partial charge in [0.1, 0.15) is 4.90 Å². The molecule has 0 unspecified atom stereocenters. The fourth-order valence-electron chi connectivity index (χ4n) is 1.81. The Kier molecular flexibility index (Phi) is 3.47. The lowest BCUT2D eigenvalue weighted by Crippen LogP contribution is -2.41. The van der Waals surface area contributed by atoms with Gasteiger partial charge in [-0.15, -0.1) is 0 Å². The van der Waals surface area contributed by atoms with Crippen molar-refractivity contribution in [1.29, 1.82) is 0 Å². The predicted octanol–water partition coefficient (Wildman–Crippen LogP) is 0.923. The molecule has 1 aliphatic rings. The van der Waals surface area contributed by atoms with Gasteiger partial charge in [0.15, 0.2) is 9.84 Å². The summed E-state index contributed by atoms with van der Waals surface area (Å²) in [5.74, 6) is -1.02. The summed E-state index contributed by atoms with van der Waals surface area (Å²) in [6, 6.07) is 1.21. The summed E-state index contributed by atoms with van der Waals surface area (Å²) < 4.78 is 48.1. The molecule has 1 aromatic rings. The van der Waals surface area contributed by atoms with Crippen molar-refractivity contribution in [1.82, 2.24) is 4.98 Å². The second-order valence-corrected chi connectivity index (χ2v) is 7.90. The van der Waals surface area contributed by atoms with Crippen LogP contribution in [0.2, 0.25) is 0 Å². The Morgan fingerprint density at radius 3 is 2.15 bits per heavy atom. The monoisotopic (exact) mass is 301 g/mol. The van der Waals surface area contributed by atoms with Crippen molar-refractivity contribution in [2.45, 2.75) is 43.8 Å². The van der Waals surface area contributed by atoms with Crippen LogP contribution < -0.4 is 5.46 Å². The summed E-state index contributed by atoms with van der Waals surface area (Å²) >= 11 is 0. The SMILES string of the molecule is CC1(C)OB(c2cnc(F)c(S(C)(=O)=O)c2)OC1(C)C. The predicted molar refractivity (Wildman–Crippen MR) is 73.0 cm³/mol. The molecule has 2 heterocycles. The summed E-state index contributed by atoms with van der Waals surface area (Å²) in [7, 11) is -4.46. The van der Waals surface area contributed by atoms with Gasteiger partial charge in [-0.1, -0.05) is 0 Å². The second-order valence-electron chi connectivity index (χ2n) is 5.92. The van der Waals surface area contributed by atoms with Gasteiger partial charge in [0, 0.05) is 17.9 Å². The minimum absolute atomic E-state index is 0.380. The van der Waals surface area contributed by atoms with Crippen LogP contribution in [0.15, 0.2) is 17.2 Å². The van der Waals surface area contributed by atoms with Crippen LogP contribution in [0.1, 0.15) is 27.7 Å². The molecule has 0 aromatic carbocycles. The molecule has 1 aromatic heterocycles. The number of aromatic nitrogens is 1. The molecular formula is C12H17BFNO4S. The molecule has 1 fully saturated rings. The lowest BCUT2D eigenvalue weighted by Gasteiger charge is -2.32. The summed E-state index contributed by atoms with van der Waals surface area (Å²) in [5, 5.41) is 0. The number of nitrogens with zero attached hydrogens (tertiary/aromatic N) is 1. The number of rotatable bonds is 2. The van der Waals surface area contributed by atoms with E-state index in [1.165, 1.54) is 12.3 Å². The van der Waals surface area contributed by atoms with E-state index in [4.69, 9.17) is 9.31 Å². The Hall–Kier alpha value is -0.985. The van der Waals surface area contributed by atoms with E-state index < -0.39 is 39.0 Å². The van der Waals surface area contributed by atoms with Gasteiger partial charge in [0.25, 0.3) is 0 Å². The molecule has 1 saturated heterocycles. The highest BCUT2D eigenvalue weighted by Crippen LogP contribution is 2.36. The highest BCUT2D eigenvalue weighted by molar-refractivity contribution is 7.90. The summed E-state index contributed by atoms with van der Waals surface area (Å²) in [6.07, 6.45) is 2.16. The van der Waals surface area contributed by atoms with E-state index in [1.807, 2.05) is 27.7 Å². The third-order valence-corrected chi connectivity index (χ3v) is 4.84. The number of sulfone groups is 1. The molecule has 0 aliphatic carbocycles. The second kappa shape index (κ2) is 4.51. The van der Waals surface area contributed by atoms with Gasteiger partial charge in [0.2, 0.25) is 5.95 Å². The minimum Gasteiger partial charge on any atom is -0.399 e. The van der Waals surface area contributed by atoms with E-state index >= 15 is 0 Å². The molecule has 0 radical (unpaired) electrons. The third-order valence-electron chi connectivity index (χ3n) is 3.75. The number of halogens is 1. The Morgan fingerprint density at radius 1 is 1.20 bits per heavy atom. The van der Waals surface area contributed by atoms with Crippen molar-refractivity contribution in [2.24, 2.45) is 0 Å². The molecule has 0 N–H and O–H groups in total. The van der Waals surface area contributed by atoms with Crippen LogP contribution in [-0.2, 0) is 19.1 Å². The lowest BCUT2D eigenvalue weighted by atomic mass is 9.80. The van der Waals surface area contributed by atoms with Crippen molar-refractivity contribution in [2.75, 3.05) is 6.26 Å². The largest absolute Gasteiger partial charge is 0.496 e.